The quantitative estimate of drug-likeness (QED) is 0.697. The van der Waals surface area contributed by atoms with E-state index in [1.165, 1.54) is 0 Å². The van der Waals surface area contributed by atoms with Crippen LogP contribution in [0.2, 0.25) is 0 Å². The molecule has 0 bridgehead atoms. The van der Waals surface area contributed by atoms with E-state index in [0.29, 0.717) is 43.6 Å². The molecule has 0 aromatic heterocycles. The fourth-order valence-electron chi connectivity index (χ4n) is 2.62. The molecule has 1 saturated heterocycles. The minimum atomic E-state index is -0.547. The van der Waals surface area contributed by atoms with E-state index in [1.54, 1.807) is 32.4 Å². The van der Waals surface area contributed by atoms with Crippen LogP contribution in [0.15, 0.2) is 18.2 Å². The van der Waals surface area contributed by atoms with Crippen molar-refractivity contribution in [1.29, 1.82) is 0 Å². The molecule has 0 spiro atoms. The minimum absolute atomic E-state index is 0.148. The van der Waals surface area contributed by atoms with Gasteiger partial charge in [0.15, 0.2) is 11.5 Å². The summed E-state index contributed by atoms with van der Waals surface area (Å²) >= 11 is 0. The standard InChI is InChI=1S/C17H26N2O5/c1-21-9-10-24-15-11-13(3-4-14(15)22-2)19-17(20)16(18)12-5-7-23-8-6-12/h3-4,11-12,16H,5-10,18H2,1-2H3,(H,19,20). The average Bonchev–Trinajstić information content (AvgIpc) is 2.62. The number of rotatable bonds is 8. The van der Waals surface area contributed by atoms with Crippen molar-refractivity contribution < 1.29 is 23.7 Å². The number of benzene rings is 1. The van der Waals surface area contributed by atoms with Crippen molar-refractivity contribution in [3.63, 3.8) is 0 Å². The molecule has 1 fully saturated rings. The number of ether oxygens (including phenoxy) is 4. The lowest BCUT2D eigenvalue weighted by molar-refractivity contribution is -0.119. The van der Waals surface area contributed by atoms with Gasteiger partial charge in [0.2, 0.25) is 5.91 Å². The smallest absolute Gasteiger partial charge is 0.241 e. The summed E-state index contributed by atoms with van der Waals surface area (Å²) in [7, 11) is 3.17. The van der Waals surface area contributed by atoms with Gasteiger partial charge in [0, 0.05) is 32.1 Å². The monoisotopic (exact) mass is 338 g/mol. The van der Waals surface area contributed by atoms with Crippen LogP contribution >= 0.6 is 0 Å². The Kier molecular flexibility index (Phi) is 7.30. The highest BCUT2D eigenvalue weighted by Gasteiger charge is 2.26. The first-order valence-electron chi connectivity index (χ1n) is 8.09. The summed E-state index contributed by atoms with van der Waals surface area (Å²) < 4.78 is 21.2. The van der Waals surface area contributed by atoms with E-state index in [-0.39, 0.29) is 11.8 Å². The van der Waals surface area contributed by atoms with Crippen molar-refractivity contribution in [3.8, 4) is 11.5 Å². The fourth-order valence-corrected chi connectivity index (χ4v) is 2.62. The summed E-state index contributed by atoms with van der Waals surface area (Å²) in [4.78, 5) is 12.4. The lowest BCUT2D eigenvalue weighted by Crippen LogP contribution is -2.44. The Morgan fingerprint density at radius 1 is 1.29 bits per heavy atom. The van der Waals surface area contributed by atoms with Crippen molar-refractivity contribution >= 4 is 11.6 Å². The van der Waals surface area contributed by atoms with Gasteiger partial charge in [0.1, 0.15) is 6.61 Å². The van der Waals surface area contributed by atoms with Crippen molar-refractivity contribution in [2.75, 3.05) is 46.0 Å². The van der Waals surface area contributed by atoms with Crippen molar-refractivity contribution in [1.82, 2.24) is 0 Å². The van der Waals surface area contributed by atoms with Gasteiger partial charge in [-0.1, -0.05) is 0 Å². The second kappa shape index (κ2) is 9.46. The molecule has 24 heavy (non-hydrogen) atoms. The molecular weight excluding hydrogens is 312 g/mol. The Bertz CT molecular complexity index is 532. The number of nitrogens with one attached hydrogen (secondary N) is 1. The van der Waals surface area contributed by atoms with Crippen molar-refractivity contribution in [3.05, 3.63) is 18.2 Å². The zero-order valence-corrected chi connectivity index (χ0v) is 14.2. The van der Waals surface area contributed by atoms with E-state index in [0.717, 1.165) is 12.8 Å². The molecule has 7 heteroatoms. The highest BCUT2D eigenvalue weighted by Crippen LogP contribution is 2.30. The third kappa shape index (κ3) is 5.09. The van der Waals surface area contributed by atoms with Gasteiger partial charge in [-0.25, -0.2) is 0 Å². The summed E-state index contributed by atoms with van der Waals surface area (Å²) in [5.74, 6) is 1.09. The average molecular weight is 338 g/mol. The van der Waals surface area contributed by atoms with Gasteiger partial charge in [-0.05, 0) is 30.9 Å². The highest BCUT2D eigenvalue weighted by molar-refractivity contribution is 5.95. The fraction of sp³-hybridized carbons (Fsp3) is 0.588. The Morgan fingerprint density at radius 2 is 2.04 bits per heavy atom. The van der Waals surface area contributed by atoms with Crippen LogP contribution < -0.4 is 20.5 Å². The van der Waals surface area contributed by atoms with Gasteiger partial charge in [-0.3, -0.25) is 4.79 Å². The molecule has 1 unspecified atom stereocenters. The number of carbonyl (C=O) groups excluding carboxylic acids is 1. The van der Waals surface area contributed by atoms with Crippen LogP contribution in [0, 0.1) is 5.92 Å². The third-order valence-electron chi connectivity index (χ3n) is 4.05. The predicted octanol–water partition coefficient (Wildman–Crippen LogP) is 1.41. The van der Waals surface area contributed by atoms with Crippen LogP contribution in [-0.2, 0) is 14.3 Å². The maximum atomic E-state index is 12.4. The summed E-state index contributed by atoms with van der Waals surface area (Å²) in [5, 5.41) is 2.85. The molecule has 1 amide bonds. The summed E-state index contributed by atoms with van der Waals surface area (Å²) in [6, 6.07) is 4.69. The van der Waals surface area contributed by atoms with Crippen LogP contribution in [0.25, 0.3) is 0 Å². The van der Waals surface area contributed by atoms with Crippen LogP contribution in [0.5, 0.6) is 11.5 Å². The van der Waals surface area contributed by atoms with Crippen molar-refractivity contribution in [2.45, 2.75) is 18.9 Å². The van der Waals surface area contributed by atoms with Gasteiger partial charge < -0.3 is 30.0 Å². The van der Waals surface area contributed by atoms with Crippen LogP contribution in [0.1, 0.15) is 12.8 Å². The normalized spacial score (nSPS) is 16.5. The number of amides is 1. The molecule has 0 saturated carbocycles. The van der Waals surface area contributed by atoms with Crippen LogP contribution in [-0.4, -0.2) is 52.6 Å². The molecule has 1 heterocycles. The van der Waals surface area contributed by atoms with Gasteiger partial charge in [-0.15, -0.1) is 0 Å². The summed E-state index contributed by atoms with van der Waals surface area (Å²) in [6.45, 7) is 2.18. The second-order valence-corrected chi connectivity index (χ2v) is 5.67. The molecule has 1 aliphatic rings. The van der Waals surface area contributed by atoms with E-state index >= 15 is 0 Å². The molecule has 1 aliphatic heterocycles. The van der Waals surface area contributed by atoms with Crippen LogP contribution in [0.3, 0.4) is 0 Å². The number of carbonyl (C=O) groups is 1. The SMILES string of the molecule is COCCOc1cc(NC(=O)C(N)C2CCOCC2)ccc1OC. The molecule has 0 aliphatic carbocycles. The molecule has 2 rings (SSSR count). The maximum Gasteiger partial charge on any atom is 0.241 e. The lowest BCUT2D eigenvalue weighted by Gasteiger charge is -2.26. The molecule has 7 nitrogen and oxygen atoms in total. The predicted molar refractivity (Wildman–Crippen MR) is 90.5 cm³/mol. The van der Waals surface area contributed by atoms with Gasteiger partial charge >= 0.3 is 0 Å². The number of hydrogen-bond acceptors (Lipinski definition) is 6. The Morgan fingerprint density at radius 3 is 2.71 bits per heavy atom. The Hall–Kier alpha value is -1.83. The van der Waals surface area contributed by atoms with E-state index in [2.05, 4.69) is 5.32 Å². The number of hydrogen-bond donors (Lipinski definition) is 2. The molecule has 1 atom stereocenters. The zero-order chi connectivity index (χ0) is 17.4. The summed E-state index contributed by atoms with van der Waals surface area (Å²) in [5.41, 5.74) is 6.71. The highest BCUT2D eigenvalue weighted by atomic mass is 16.5. The third-order valence-corrected chi connectivity index (χ3v) is 4.05. The van der Waals surface area contributed by atoms with E-state index < -0.39 is 6.04 Å². The van der Waals surface area contributed by atoms with E-state index in [1.807, 2.05) is 0 Å². The van der Waals surface area contributed by atoms with Gasteiger partial charge in [0.05, 0.1) is 19.8 Å². The lowest BCUT2D eigenvalue weighted by atomic mass is 9.92. The zero-order valence-electron chi connectivity index (χ0n) is 14.2. The Labute approximate surface area is 142 Å². The number of anilines is 1. The van der Waals surface area contributed by atoms with Gasteiger partial charge in [-0.2, -0.15) is 0 Å². The maximum absolute atomic E-state index is 12.4. The van der Waals surface area contributed by atoms with E-state index in [4.69, 9.17) is 24.7 Å². The molecule has 134 valence electrons. The number of nitrogens with two attached hydrogens (primary N) is 1. The molecule has 1 aromatic rings. The topological polar surface area (TPSA) is 92.0 Å². The molecule has 1 aromatic carbocycles. The number of methoxy groups -OCH3 is 2. The first-order valence-corrected chi connectivity index (χ1v) is 8.09. The largest absolute Gasteiger partial charge is 0.493 e. The van der Waals surface area contributed by atoms with Crippen LogP contribution in [0.4, 0.5) is 5.69 Å². The van der Waals surface area contributed by atoms with Crippen molar-refractivity contribution in [2.24, 2.45) is 11.7 Å². The minimum Gasteiger partial charge on any atom is -0.493 e. The second-order valence-electron chi connectivity index (χ2n) is 5.67. The molecule has 3 N–H and O–H groups in total. The first-order chi connectivity index (χ1) is 11.7. The van der Waals surface area contributed by atoms with E-state index in [9.17, 15) is 4.79 Å². The molecular formula is C17H26N2O5. The Balaban J connectivity index is 1.99. The summed E-state index contributed by atoms with van der Waals surface area (Å²) in [6.07, 6.45) is 1.62. The molecule has 0 radical (unpaired) electrons. The van der Waals surface area contributed by atoms with Gasteiger partial charge in [0.25, 0.3) is 0 Å². The first kappa shape index (κ1) is 18.5.